The van der Waals surface area contributed by atoms with Crippen molar-refractivity contribution in [2.45, 2.75) is 36.7 Å². The molecule has 0 aromatic heterocycles. The van der Waals surface area contributed by atoms with E-state index in [1.54, 1.807) is 11.0 Å². The van der Waals surface area contributed by atoms with Crippen molar-refractivity contribution in [2.75, 3.05) is 59.1 Å². The third-order valence-electron chi connectivity index (χ3n) is 7.06. The molecule has 0 radical (unpaired) electrons. The predicted molar refractivity (Wildman–Crippen MR) is 121 cm³/mol. The second-order valence-corrected chi connectivity index (χ2v) is 11.1. The van der Waals surface area contributed by atoms with E-state index in [1.165, 1.54) is 16.4 Å². The van der Waals surface area contributed by atoms with Gasteiger partial charge in [-0.05, 0) is 37.8 Å². The van der Waals surface area contributed by atoms with Gasteiger partial charge in [-0.3, -0.25) is 9.59 Å². The van der Waals surface area contributed by atoms with Crippen LogP contribution in [0.3, 0.4) is 0 Å². The van der Waals surface area contributed by atoms with Gasteiger partial charge in [0.1, 0.15) is 19.3 Å². The van der Waals surface area contributed by atoms with Gasteiger partial charge in [-0.1, -0.05) is 0 Å². The third-order valence-corrected chi connectivity index (χ3v) is 8.96. The standard InChI is InChI=1S/C23H31N3O7S/c27-22(24-9-11-25(12-10-24)23(28)20-2-1-13-31-20)17-5-7-26(8-6-17)34(29,30)18-3-4-19-21(16-18)33-15-14-32-19/h3-4,16-17,20H,1-2,5-15H2. The number of hydrogen-bond donors (Lipinski definition) is 0. The normalized spacial score (nSPS) is 24.3. The molecule has 0 saturated carbocycles. The number of sulfonamides is 1. The number of ether oxygens (including phenoxy) is 3. The number of nitrogens with zero attached hydrogens (tertiary/aromatic N) is 3. The zero-order valence-corrected chi connectivity index (χ0v) is 20.0. The van der Waals surface area contributed by atoms with Crippen LogP contribution in [0.5, 0.6) is 11.5 Å². The Bertz CT molecular complexity index is 1020. The first-order chi connectivity index (χ1) is 16.4. The number of hydrogen-bond acceptors (Lipinski definition) is 7. The topological polar surface area (TPSA) is 106 Å². The van der Waals surface area contributed by atoms with E-state index in [-0.39, 0.29) is 28.7 Å². The Morgan fingerprint density at radius 1 is 0.794 bits per heavy atom. The first-order valence-electron chi connectivity index (χ1n) is 12.0. The highest BCUT2D eigenvalue weighted by molar-refractivity contribution is 7.89. The molecule has 3 saturated heterocycles. The predicted octanol–water partition coefficient (Wildman–Crippen LogP) is 0.708. The van der Waals surface area contributed by atoms with Crippen LogP contribution in [0.15, 0.2) is 23.1 Å². The maximum Gasteiger partial charge on any atom is 0.251 e. The fraction of sp³-hybridized carbons (Fsp3) is 0.652. The second-order valence-electron chi connectivity index (χ2n) is 9.14. The summed E-state index contributed by atoms with van der Waals surface area (Å²) in [7, 11) is -3.68. The molecule has 1 unspecified atom stereocenters. The van der Waals surface area contributed by atoms with Crippen molar-refractivity contribution in [3.05, 3.63) is 18.2 Å². The van der Waals surface area contributed by atoms with Crippen LogP contribution >= 0.6 is 0 Å². The van der Waals surface area contributed by atoms with Gasteiger partial charge >= 0.3 is 0 Å². The highest BCUT2D eigenvalue weighted by Crippen LogP contribution is 2.34. The van der Waals surface area contributed by atoms with Gasteiger partial charge in [-0.15, -0.1) is 0 Å². The number of carbonyl (C=O) groups excluding carboxylic acids is 2. The van der Waals surface area contributed by atoms with E-state index >= 15 is 0 Å². The van der Waals surface area contributed by atoms with Crippen LogP contribution in [-0.4, -0.2) is 99.5 Å². The molecule has 1 aromatic carbocycles. The van der Waals surface area contributed by atoms with E-state index in [4.69, 9.17) is 14.2 Å². The average Bonchev–Trinajstić information content (AvgIpc) is 3.43. The molecule has 34 heavy (non-hydrogen) atoms. The summed E-state index contributed by atoms with van der Waals surface area (Å²) in [4.78, 5) is 29.4. The minimum absolute atomic E-state index is 0.0299. The van der Waals surface area contributed by atoms with E-state index < -0.39 is 10.0 Å². The van der Waals surface area contributed by atoms with Crippen LogP contribution in [0.25, 0.3) is 0 Å². The molecule has 0 N–H and O–H groups in total. The van der Waals surface area contributed by atoms with Crippen LogP contribution in [0.1, 0.15) is 25.7 Å². The summed E-state index contributed by atoms with van der Waals surface area (Å²) in [5, 5.41) is 0. The van der Waals surface area contributed by atoms with Crippen molar-refractivity contribution >= 4 is 21.8 Å². The van der Waals surface area contributed by atoms with Crippen LogP contribution < -0.4 is 9.47 Å². The molecule has 11 heteroatoms. The summed E-state index contributed by atoms with van der Waals surface area (Å²) in [6, 6.07) is 4.68. The fourth-order valence-electron chi connectivity index (χ4n) is 5.06. The molecule has 4 aliphatic rings. The Kier molecular flexibility index (Phi) is 6.67. The molecule has 5 rings (SSSR count). The molecule has 1 atom stereocenters. The van der Waals surface area contributed by atoms with Crippen LogP contribution in [0.4, 0.5) is 0 Å². The van der Waals surface area contributed by atoms with Crippen molar-refractivity contribution in [3.63, 3.8) is 0 Å². The Balaban J connectivity index is 1.14. The van der Waals surface area contributed by atoms with Gasteiger partial charge in [0.15, 0.2) is 11.5 Å². The summed E-state index contributed by atoms with van der Waals surface area (Å²) in [5.41, 5.74) is 0. The van der Waals surface area contributed by atoms with E-state index in [2.05, 4.69) is 0 Å². The summed E-state index contributed by atoms with van der Waals surface area (Å²) >= 11 is 0. The van der Waals surface area contributed by atoms with Crippen molar-refractivity contribution in [1.29, 1.82) is 0 Å². The van der Waals surface area contributed by atoms with Gasteiger partial charge in [0.05, 0.1) is 4.90 Å². The van der Waals surface area contributed by atoms with E-state index in [1.807, 2.05) is 4.90 Å². The number of piperidine rings is 1. The van der Waals surface area contributed by atoms with Gasteiger partial charge in [0.2, 0.25) is 15.9 Å². The van der Waals surface area contributed by atoms with Crippen molar-refractivity contribution in [3.8, 4) is 11.5 Å². The molecule has 0 spiro atoms. The van der Waals surface area contributed by atoms with Crippen LogP contribution in [-0.2, 0) is 24.3 Å². The van der Waals surface area contributed by atoms with E-state index in [0.29, 0.717) is 83.4 Å². The molecular weight excluding hydrogens is 462 g/mol. The highest BCUT2D eigenvalue weighted by Gasteiger charge is 2.36. The van der Waals surface area contributed by atoms with Gasteiger partial charge in [0, 0.05) is 57.9 Å². The van der Waals surface area contributed by atoms with Gasteiger partial charge in [-0.2, -0.15) is 4.31 Å². The lowest BCUT2D eigenvalue weighted by molar-refractivity contribution is -0.147. The molecule has 2 amide bonds. The minimum Gasteiger partial charge on any atom is -0.486 e. The molecule has 0 aliphatic carbocycles. The number of fused-ring (bicyclic) bond motifs is 1. The van der Waals surface area contributed by atoms with Crippen LogP contribution in [0.2, 0.25) is 0 Å². The Morgan fingerprint density at radius 2 is 1.44 bits per heavy atom. The molecule has 1 aromatic rings. The summed E-state index contributed by atoms with van der Waals surface area (Å²) in [6.45, 7) is 4.11. The Labute approximate surface area is 199 Å². The zero-order chi connectivity index (χ0) is 23.7. The Hall–Kier alpha value is -2.37. The number of piperazine rings is 1. The monoisotopic (exact) mass is 493 g/mol. The number of benzene rings is 1. The smallest absolute Gasteiger partial charge is 0.251 e. The van der Waals surface area contributed by atoms with Gasteiger partial charge < -0.3 is 24.0 Å². The van der Waals surface area contributed by atoms with Crippen LogP contribution in [0, 0.1) is 5.92 Å². The minimum atomic E-state index is -3.68. The third kappa shape index (κ3) is 4.60. The maximum atomic E-state index is 13.1. The van der Waals surface area contributed by atoms with Gasteiger partial charge in [0.25, 0.3) is 5.91 Å². The molecule has 4 heterocycles. The van der Waals surface area contributed by atoms with Crippen molar-refractivity contribution in [2.24, 2.45) is 5.92 Å². The quantitative estimate of drug-likeness (QED) is 0.608. The van der Waals surface area contributed by atoms with E-state index in [9.17, 15) is 18.0 Å². The first kappa shape index (κ1) is 23.4. The van der Waals surface area contributed by atoms with Crippen molar-refractivity contribution in [1.82, 2.24) is 14.1 Å². The average molecular weight is 494 g/mol. The number of amides is 2. The van der Waals surface area contributed by atoms with Crippen molar-refractivity contribution < 1.29 is 32.2 Å². The zero-order valence-electron chi connectivity index (χ0n) is 19.2. The second kappa shape index (κ2) is 9.71. The number of carbonyl (C=O) groups is 2. The lowest BCUT2D eigenvalue weighted by atomic mass is 9.96. The first-order valence-corrected chi connectivity index (χ1v) is 13.5. The Morgan fingerprint density at radius 3 is 2.09 bits per heavy atom. The molecule has 0 bridgehead atoms. The lowest BCUT2D eigenvalue weighted by Gasteiger charge is -2.38. The summed E-state index contributed by atoms with van der Waals surface area (Å²) in [5.74, 6) is 0.872. The highest BCUT2D eigenvalue weighted by atomic mass is 32.2. The fourth-order valence-corrected chi connectivity index (χ4v) is 6.54. The molecule has 4 aliphatic heterocycles. The lowest BCUT2D eigenvalue weighted by Crippen LogP contribution is -2.54. The summed E-state index contributed by atoms with van der Waals surface area (Å²) in [6.07, 6.45) is 2.32. The molecule has 3 fully saturated rings. The summed E-state index contributed by atoms with van der Waals surface area (Å²) < 4.78 is 44.2. The largest absolute Gasteiger partial charge is 0.486 e. The SMILES string of the molecule is O=C(C1CCN(S(=O)(=O)c2ccc3c(c2)OCCO3)CC1)N1CCN(C(=O)C2CCCO2)CC1. The maximum absolute atomic E-state index is 13.1. The number of rotatable bonds is 4. The molecule has 10 nitrogen and oxygen atoms in total. The van der Waals surface area contributed by atoms with Gasteiger partial charge in [-0.25, -0.2) is 8.42 Å². The molecular formula is C23H31N3O7S. The van der Waals surface area contributed by atoms with E-state index in [0.717, 1.165) is 12.8 Å². The molecule has 186 valence electrons.